The van der Waals surface area contributed by atoms with Crippen LogP contribution in [0.25, 0.3) is 0 Å². The number of ether oxygens (including phenoxy) is 1. The monoisotopic (exact) mass is 197 g/mol. The number of nitrogens with one attached hydrogen (secondary N) is 1. The fraction of sp³-hybridized carbons (Fsp3) is 1.00. The second-order valence-electron chi connectivity index (χ2n) is 5.03. The van der Waals surface area contributed by atoms with Crippen LogP contribution in [-0.2, 0) is 4.74 Å². The predicted molar refractivity (Wildman–Crippen MR) is 58.4 cm³/mol. The second-order valence-corrected chi connectivity index (χ2v) is 5.03. The number of hydrogen-bond acceptors (Lipinski definition) is 2. The Bertz CT molecular complexity index is 171. The Morgan fingerprint density at radius 2 is 2.00 bits per heavy atom. The van der Waals surface area contributed by atoms with Crippen molar-refractivity contribution in [2.24, 2.45) is 11.3 Å². The van der Waals surface area contributed by atoms with E-state index in [2.05, 4.69) is 12.2 Å². The third-order valence-corrected chi connectivity index (χ3v) is 3.70. The molecule has 0 aromatic rings. The number of hydrogen-bond donors (Lipinski definition) is 1. The van der Waals surface area contributed by atoms with Crippen molar-refractivity contribution in [3.63, 3.8) is 0 Å². The Balaban J connectivity index is 1.86. The lowest BCUT2D eigenvalue weighted by Gasteiger charge is -2.37. The van der Waals surface area contributed by atoms with Crippen LogP contribution in [0.2, 0.25) is 0 Å². The van der Waals surface area contributed by atoms with Gasteiger partial charge in [-0.25, -0.2) is 0 Å². The number of rotatable bonds is 5. The maximum absolute atomic E-state index is 5.68. The first-order chi connectivity index (χ1) is 6.85. The van der Waals surface area contributed by atoms with E-state index in [9.17, 15) is 0 Å². The molecule has 0 amide bonds. The molecule has 1 aliphatic heterocycles. The van der Waals surface area contributed by atoms with Gasteiger partial charge in [-0.05, 0) is 50.6 Å². The molecule has 2 fully saturated rings. The fourth-order valence-electron chi connectivity index (χ4n) is 2.62. The summed E-state index contributed by atoms with van der Waals surface area (Å²) in [6.45, 7) is 6.37. The van der Waals surface area contributed by atoms with E-state index in [0.717, 1.165) is 19.1 Å². The van der Waals surface area contributed by atoms with Gasteiger partial charge in [0.15, 0.2) is 0 Å². The molecule has 0 unspecified atom stereocenters. The Morgan fingerprint density at radius 1 is 1.29 bits per heavy atom. The maximum atomic E-state index is 5.68. The van der Waals surface area contributed by atoms with E-state index < -0.39 is 0 Å². The summed E-state index contributed by atoms with van der Waals surface area (Å²) < 4.78 is 5.68. The molecule has 2 heteroatoms. The van der Waals surface area contributed by atoms with Gasteiger partial charge in [-0.15, -0.1) is 0 Å². The molecule has 1 saturated heterocycles. The first-order valence-electron chi connectivity index (χ1n) is 6.13. The smallest absolute Gasteiger partial charge is 0.0523 e. The highest BCUT2D eigenvalue weighted by Gasteiger charge is 2.37. The highest BCUT2D eigenvalue weighted by molar-refractivity contribution is 4.90. The molecular weight excluding hydrogens is 174 g/mol. The SMILES string of the molecule is CCOCC1(CC2CC2)CCNCC1. The van der Waals surface area contributed by atoms with Crippen LogP contribution in [0.4, 0.5) is 0 Å². The molecule has 2 nitrogen and oxygen atoms in total. The lowest BCUT2D eigenvalue weighted by atomic mass is 9.75. The first-order valence-corrected chi connectivity index (χ1v) is 6.13. The summed E-state index contributed by atoms with van der Waals surface area (Å²) in [5, 5.41) is 3.45. The van der Waals surface area contributed by atoms with E-state index >= 15 is 0 Å². The highest BCUT2D eigenvalue weighted by atomic mass is 16.5. The van der Waals surface area contributed by atoms with Crippen molar-refractivity contribution in [1.29, 1.82) is 0 Å². The quantitative estimate of drug-likeness (QED) is 0.729. The van der Waals surface area contributed by atoms with Gasteiger partial charge in [0.25, 0.3) is 0 Å². The van der Waals surface area contributed by atoms with Gasteiger partial charge < -0.3 is 10.1 Å². The van der Waals surface area contributed by atoms with Crippen LogP contribution in [0.15, 0.2) is 0 Å². The molecule has 0 radical (unpaired) electrons. The largest absolute Gasteiger partial charge is 0.381 e. The molecule has 0 spiro atoms. The van der Waals surface area contributed by atoms with Gasteiger partial charge in [0.2, 0.25) is 0 Å². The molecule has 1 aliphatic carbocycles. The lowest BCUT2D eigenvalue weighted by molar-refractivity contribution is 0.0207. The average molecular weight is 197 g/mol. The summed E-state index contributed by atoms with van der Waals surface area (Å²) in [4.78, 5) is 0. The Labute approximate surface area is 87.4 Å². The standard InChI is InChI=1S/C12H23NO/c1-2-14-10-12(9-11-3-4-11)5-7-13-8-6-12/h11,13H,2-10H2,1H3. The molecule has 0 aromatic heterocycles. The van der Waals surface area contributed by atoms with E-state index in [1.54, 1.807) is 0 Å². The van der Waals surface area contributed by atoms with Gasteiger partial charge >= 0.3 is 0 Å². The molecule has 14 heavy (non-hydrogen) atoms. The van der Waals surface area contributed by atoms with Gasteiger partial charge in [0, 0.05) is 6.61 Å². The van der Waals surface area contributed by atoms with E-state index in [0.29, 0.717) is 5.41 Å². The van der Waals surface area contributed by atoms with E-state index in [4.69, 9.17) is 4.74 Å². The molecule has 0 aromatic carbocycles. The Hall–Kier alpha value is -0.0800. The van der Waals surface area contributed by atoms with Crippen LogP contribution in [0, 0.1) is 11.3 Å². The minimum absolute atomic E-state index is 0.530. The Kier molecular flexibility index (Phi) is 3.45. The summed E-state index contributed by atoms with van der Waals surface area (Å²) in [6, 6.07) is 0. The van der Waals surface area contributed by atoms with Crippen molar-refractivity contribution in [3.05, 3.63) is 0 Å². The maximum Gasteiger partial charge on any atom is 0.0523 e. The summed E-state index contributed by atoms with van der Waals surface area (Å²) in [6.07, 6.45) is 7.02. The van der Waals surface area contributed by atoms with E-state index in [1.807, 2.05) is 0 Å². The summed E-state index contributed by atoms with van der Waals surface area (Å²) in [7, 11) is 0. The second kappa shape index (κ2) is 4.63. The van der Waals surface area contributed by atoms with Crippen LogP contribution >= 0.6 is 0 Å². The van der Waals surface area contributed by atoms with Crippen LogP contribution in [0.3, 0.4) is 0 Å². The zero-order valence-corrected chi connectivity index (χ0v) is 9.35. The minimum atomic E-state index is 0.530. The molecule has 0 bridgehead atoms. The summed E-state index contributed by atoms with van der Waals surface area (Å²) in [5.41, 5.74) is 0.530. The molecule has 1 N–H and O–H groups in total. The molecule has 2 aliphatic rings. The third-order valence-electron chi connectivity index (χ3n) is 3.70. The van der Waals surface area contributed by atoms with E-state index in [-0.39, 0.29) is 0 Å². The topological polar surface area (TPSA) is 21.3 Å². The molecule has 1 heterocycles. The minimum Gasteiger partial charge on any atom is -0.381 e. The predicted octanol–water partition coefficient (Wildman–Crippen LogP) is 2.19. The molecular formula is C12H23NO. The summed E-state index contributed by atoms with van der Waals surface area (Å²) >= 11 is 0. The van der Waals surface area contributed by atoms with Crippen LogP contribution in [-0.4, -0.2) is 26.3 Å². The van der Waals surface area contributed by atoms with Crippen molar-refractivity contribution in [3.8, 4) is 0 Å². The Morgan fingerprint density at radius 3 is 2.57 bits per heavy atom. The number of piperidine rings is 1. The average Bonchev–Trinajstić information content (AvgIpc) is 3.00. The first kappa shape index (κ1) is 10.4. The zero-order valence-electron chi connectivity index (χ0n) is 9.35. The third kappa shape index (κ3) is 2.71. The van der Waals surface area contributed by atoms with E-state index in [1.165, 1.54) is 45.2 Å². The fourth-order valence-corrected chi connectivity index (χ4v) is 2.62. The van der Waals surface area contributed by atoms with Crippen LogP contribution in [0.5, 0.6) is 0 Å². The van der Waals surface area contributed by atoms with Crippen molar-refractivity contribution < 1.29 is 4.74 Å². The highest BCUT2D eigenvalue weighted by Crippen LogP contribution is 2.44. The lowest BCUT2D eigenvalue weighted by Crippen LogP contribution is -2.40. The van der Waals surface area contributed by atoms with Crippen molar-refractivity contribution in [1.82, 2.24) is 5.32 Å². The van der Waals surface area contributed by atoms with Gasteiger partial charge in [0.1, 0.15) is 0 Å². The molecule has 1 saturated carbocycles. The molecule has 82 valence electrons. The molecule has 2 rings (SSSR count). The normalized spacial score (nSPS) is 26.4. The molecule has 0 atom stereocenters. The van der Waals surface area contributed by atoms with Gasteiger partial charge in [-0.3, -0.25) is 0 Å². The van der Waals surface area contributed by atoms with Crippen molar-refractivity contribution >= 4 is 0 Å². The van der Waals surface area contributed by atoms with Gasteiger partial charge in [-0.2, -0.15) is 0 Å². The van der Waals surface area contributed by atoms with Gasteiger partial charge in [0.05, 0.1) is 6.61 Å². The summed E-state index contributed by atoms with van der Waals surface area (Å²) in [5.74, 6) is 1.04. The van der Waals surface area contributed by atoms with Crippen molar-refractivity contribution in [2.45, 2.75) is 39.0 Å². The van der Waals surface area contributed by atoms with Crippen LogP contribution in [0.1, 0.15) is 39.0 Å². The van der Waals surface area contributed by atoms with Crippen LogP contribution < -0.4 is 5.32 Å². The zero-order chi connectivity index (χ0) is 9.86. The van der Waals surface area contributed by atoms with Gasteiger partial charge in [-0.1, -0.05) is 12.8 Å². The van der Waals surface area contributed by atoms with Crippen molar-refractivity contribution in [2.75, 3.05) is 26.3 Å².